The van der Waals surface area contributed by atoms with Gasteiger partial charge in [-0.05, 0) is 129 Å². The lowest BCUT2D eigenvalue weighted by atomic mass is 9.39. The van der Waals surface area contributed by atoms with Crippen molar-refractivity contribution in [3.8, 4) is 33.9 Å². The molecule has 13 rings (SSSR count). The molecule has 6 aliphatic rings. The summed E-state index contributed by atoms with van der Waals surface area (Å²) < 4.78 is 39.0. The smallest absolute Gasteiger partial charge is 0.409 e. The Hall–Kier alpha value is -9.25. The minimum absolute atomic E-state index is 0.0399. The first-order chi connectivity index (χ1) is 47.0. The molecular formula is C71H79N9O17S. The van der Waals surface area contributed by atoms with E-state index in [0.717, 1.165) is 54.4 Å². The number of ether oxygens (including phenoxy) is 6. The van der Waals surface area contributed by atoms with Gasteiger partial charge in [-0.3, -0.25) is 39.1 Å². The number of hydrogen-bond acceptors (Lipinski definition) is 20. The lowest BCUT2D eigenvalue weighted by Gasteiger charge is -2.69. The summed E-state index contributed by atoms with van der Waals surface area (Å²) in [6, 6.07) is 23.0. The van der Waals surface area contributed by atoms with E-state index in [9.17, 15) is 54.0 Å². The number of rotatable bonds is 29. The number of unbranched alkanes of at least 4 members (excludes halogenated alkanes) is 2. The number of para-hydroxylation sites is 1. The molecule has 0 radical (unpaired) electrons. The number of carboxylic acids is 2. The second-order valence-corrected chi connectivity index (χ2v) is 28.2. The number of amides is 5. The van der Waals surface area contributed by atoms with Crippen molar-refractivity contribution in [2.45, 2.75) is 135 Å². The van der Waals surface area contributed by atoms with Crippen LogP contribution >= 0.6 is 11.3 Å². The van der Waals surface area contributed by atoms with Crippen LogP contribution in [0.1, 0.15) is 117 Å². The number of carbonyl (C=O) groups is 7. The van der Waals surface area contributed by atoms with E-state index in [-0.39, 0.29) is 110 Å². The number of hydrogen-bond donors (Lipinski definition) is 6. The van der Waals surface area contributed by atoms with Crippen molar-refractivity contribution < 1.29 is 82.4 Å². The lowest BCUT2D eigenvalue weighted by Crippen LogP contribution is -2.64. The molecule has 0 spiro atoms. The van der Waals surface area contributed by atoms with E-state index in [1.165, 1.54) is 39.4 Å². The SMILES string of the molecule is Cc1c(-c2ccc(-c3cnc4cccc(C(=O)Nc5nc6ccccc6s5)c4c3)nc2C(=O)O)cnn1CC12CC3(C)CC(C)(C1)CC(OCCN(C)C(=O)OCc1ccc(OCCOCCNC(=O)CCCCCN4C(=O)C=CC4=O)cc1O[C@H]1C[C@@H](O)[C@H](O)[C@@H](C(=O)O)O1)(C3)C2. The molecule has 27 heteroatoms. The number of aliphatic carboxylic acids is 1. The summed E-state index contributed by atoms with van der Waals surface area (Å²) in [5, 5.41) is 53.0. The number of aliphatic hydroxyl groups excluding tert-OH is 2. The molecule has 2 unspecified atom stereocenters. The lowest BCUT2D eigenvalue weighted by molar-refractivity contribution is -0.248. The number of carbonyl (C=O) groups excluding carboxylic acids is 5. The van der Waals surface area contributed by atoms with Crippen molar-refractivity contribution in [3.63, 3.8) is 0 Å². The third-order valence-electron chi connectivity index (χ3n) is 19.1. The average Bonchev–Trinajstić information content (AvgIpc) is 1.38. The van der Waals surface area contributed by atoms with Crippen LogP contribution in [-0.4, -0.2) is 180 Å². The number of likely N-dealkylation sites (N-methyl/N-ethyl adjacent to an activating group) is 1. The van der Waals surface area contributed by atoms with E-state index in [2.05, 4.69) is 34.4 Å². The van der Waals surface area contributed by atoms with Crippen molar-refractivity contribution in [1.82, 2.24) is 39.8 Å². The number of fused-ring (bicyclic) bond motifs is 2. The van der Waals surface area contributed by atoms with Crippen molar-refractivity contribution >= 4 is 79.2 Å². The minimum Gasteiger partial charge on any atom is -0.491 e. The van der Waals surface area contributed by atoms with Crippen LogP contribution in [0.15, 0.2) is 103 Å². The summed E-state index contributed by atoms with van der Waals surface area (Å²) >= 11 is 1.38. The van der Waals surface area contributed by atoms with E-state index in [1.807, 2.05) is 35.9 Å². The Labute approximate surface area is 568 Å². The van der Waals surface area contributed by atoms with Gasteiger partial charge in [-0.2, -0.15) is 5.10 Å². The molecule has 2 aliphatic heterocycles. The quantitative estimate of drug-likeness (QED) is 0.0188. The molecule has 1 saturated heterocycles. The van der Waals surface area contributed by atoms with Crippen LogP contribution in [0.3, 0.4) is 0 Å². The summed E-state index contributed by atoms with van der Waals surface area (Å²) in [5.74, 6) is -3.45. The highest BCUT2D eigenvalue weighted by molar-refractivity contribution is 7.22. The number of benzene rings is 3. The molecule has 516 valence electrons. The predicted octanol–water partition coefficient (Wildman–Crippen LogP) is 8.73. The van der Waals surface area contributed by atoms with Gasteiger partial charge >= 0.3 is 18.0 Å². The fourth-order valence-corrected chi connectivity index (χ4v) is 16.7. The first-order valence-electron chi connectivity index (χ1n) is 32.9. The van der Waals surface area contributed by atoms with Gasteiger partial charge in [-0.15, -0.1) is 0 Å². The number of imide groups is 1. The first kappa shape index (κ1) is 68.7. The molecule has 6 N–H and O–H groups in total. The maximum atomic E-state index is 13.7. The van der Waals surface area contributed by atoms with Crippen molar-refractivity contribution in [2.75, 3.05) is 58.4 Å². The van der Waals surface area contributed by atoms with E-state index in [4.69, 9.17) is 38.5 Å². The van der Waals surface area contributed by atoms with Gasteiger partial charge in [0.1, 0.15) is 30.8 Å². The van der Waals surface area contributed by atoms with Crippen molar-refractivity contribution in [1.29, 1.82) is 0 Å². The highest BCUT2D eigenvalue weighted by Gasteiger charge is 2.66. The minimum atomic E-state index is -1.78. The maximum Gasteiger partial charge on any atom is 0.409 e. The average molecular weight is 1360 g/mol. The van der Waals surface area contributed by atoms with Gasteiger partial charge in [0, 0.05) is 109 Å². The van der Waals surface area contributed by atoms with Crippen molar-refractivity contribution in [2.24, 2.45) is 16.2 Å². The number of pyridine rings is 2. The summed E-state index contributed by atoms with van der Waals surface area (Å²) in [5.41, 5.74) is 3.91. The second-order valence-electron chi connectivity index (χ2n) is 27.2. The van der Waals surface area contributed by atoms with Crippen LogP contribution in [0.25, 0.3) is 43.5 Å². The Morgan fingerprint density at radius 3 is 2.36 bits per heavy atom. The molecule has 6 heterocycles. The summed E-state index contributed by atoms with van der Waals surface area (Å²) in [6.45, 7) is 8.37. The molecule has 26 nitrogen and oxygen atoms in total. The molecule has 5 amide bonds. The number of nitrogens with one attached hydrogen (secondary N) is 2. The largest absolute Gasteiger partial charge is 0.491 e. The van der Waals surface area contributed by atoms with Crippen LogP contribution in [0.5, 0.6) is 11.5 Å². The monoisotopic (exact) mass is 1360 g/mol. The van der Waals surface area contributed by atoms with Gasteiger partial charge in [0.2, 0.25) is 12.2 Å². The Bertz CT molecular complexity index is 4180. The van der Waals surface area contributed by atoms with Crippen molar-refractivity contribution in [3.05, 3.63) is 126 Å². The molecule has 7 aromatic rings. The van der Waals surface area contributed by atoms with Crippen LogP contribution in [0.4, 0.5) is 9.93 Å². The maximum absolute atomic E-state index is 13.7. The number of aromatic nitrogens is 5. The highest BCUT2D eigenvalue weighted by atomic mass is 32.1. The van der Waals surface area contributed by atoms with E-state index < -0.39 is 48.2 Å². The summed E-state index contributed by atoms with van der Waals surface area (Å²) in [4.78, 5) is 105. The zero-order valence-electron chi connectivity index (χ0n) is 54.9. The third-order valence-corrected chi connectivity index (χ3v) is 20.1. The molecule has 4 aliphatic carbocycles. The van der Waals surface area contributed by atoms with E-state index >= 15 is 0 Å². The molecule has 6 atom stereocenters. The number of nitrogens with zero attached hydrogens (tertiary/aromatic N) is 7. The fourth-order valence-electron chi connectivity index (χ4n) is 15.8. The normalized spacial score (nSPS) is 23.9. The van der Waals surface area contributed by atoms with Gasteiger partial charge in [0.05, 0.1) is 59.1 Å². The van der Waals surface area contributed by atoms with Gasteiger partial charge < -0.3 is 59.1 Å². The number of thiazole rings is 1. The molecule has 98 heavy (non-hydrogen) atoms. The molecule has 3 aromatic carbocycles. The van der Waals surface area contributed by atoms with Crippen LogP contribution in [-0.2, 0) is 51.3 Å². The van der Waals surface area contributed by atoms with Gasteiger partial charge in [-0.25, -0.2) is 24.4 Å². The molecule has 5 fully saturated rings. The van der Waals surface area contributed by atoms with Crippen LogP contribution in [0.2, 0.25) is 0 Å². The van der Waals surface area contributed by atoms with Gasteiger partial charge in [-0.1, -0.05) is 49.8 Å². The highest BCUT2D eigenvalue weighted by Crippen LogP contribution is 2.72. The Morgan fingerprint density at radius 1 is 0.816 bits per heavy atom. The molecule has 4 saturated carbocycles. The van der Waals surface area contributed by atoms with Crippen LogP contribution < -0.4 is 20.1 Å². The van der Waals surface area contributed by atoms with E-state index in [0.29, 0.717) is 87.6 Å². The summed E-state index contributed by atoms with van der Waals surface area (Å²) in [7, 11) is 1.62. The third kappa shape index (κ3) is 15.4. The number of carboxylic acid groups (broad SMARTS) is 2. The predicted molar refractivity (Wildman–Crippen MR) is 357 cm³/mol. The number of anilines is 1. The standard InChI is InChI=1S/C71H79N9O17S/c1-42-49(46-18-19-50(75-60(46)64(87)88)44-29-48-47(11-10-13-51(48)73-32-44)63(86)77-66-76-52-12-7-8-14-55(52)98-66)33-74-80(42)41-70-36-68(2)35-69(3,37-70)39-71(38-68,40-70)95-26-24-78(4)67(91)94-34-43-16-17-45(30-54(43)96-59-31-53(81)61(85)62(97-59)65(89)90)93-28-27-92-25-22-72-56(82)15-6-5-9-23-79-57(83)20-21-58(79)84/h7-8,10-14,16-21,29-30,32-33,53,59,61-62,81,85H,5-6,9,15,22-28,31,34-41H2,1-4H3,(H,72,82)(H,87,88)(H,89,90)(H,76,77,86)/t53-,59-,61+,62+,68?,69?,70?,71?/m1/s1. The van der Waals surface area contributed by atoms with Gasteiger partial charge in [0.15, 0.2) is 16.9 Å². The number of aromatic carboxylic acids is 1. The zero-order valence-corrected chi connectivity index (χ0v) is 55.7. The Morgan fingerprint density at radius 2 is 1.59 bits per heavy atom. The van der Waals surface area contributed by atoms with Gasteiger partial charge in [0.25, 0.3) is 17.7 Å². The fraction of sp³-hybridized carbons (Fsp3) is 0.451. The number of aliphatic hydroxyl groups is 2. The summed E-state index contributed by atoms with van der Waals surface area (Å²) in [6.07, 6.45) is 6.18. The second kappa shape index (κ2) is 28.7. The Kier molecular flexibility index (Phi) is 20.1. The molecular weight excluding hydrogens is 1280 g/mol. The first-order valence-corrected chi connectivity index (χ1v) is 33.7. The Balaban J connectivity index is 0.650. The molecule has 4 aromatic heterocycles. The topological polar surface area (TPSA) is 343 Å². The zero-order chi connectivity index (χ0) is 69.1. The molecule has 4 bridgehead atoms. The van der Waals surface area contributed by atoms with E-state index in [1.54, 1.807) is 68.0 Å². The van der Waals surface area contributed by atoms with Crippen LogP contribution in [0, 0.1) is 23.2 Å².